The summed E-state index contributed by atoms with van der Waals surface area (Å²) < 4.78 is 5.61. The summed E-state index contributed by atoms with van der Waals surface area (Å²) in [5, 5.41) is 6.32. The molecule has 7 heteroatoms. The van der Waals surface area contributed by atoms with Crippen molar-refractivity contribution in [2.45, 2.75) is 32.7 Å². The maximum Gasteiger partial charge on any atom is 0.258 e. The van der Waals surface area contributed by atoms with Gasteiger partial charge in [0.2, 0.25) is 5.91 Å². The van der Waals surface area contributed by atoms with Crippen LogP contribution in [0, 0.1) is 20.8 Å². The molecule has 1 heterocycles. The lowest BCUT2D eigenvalue weighted by molar-refractivity contribution is -0.113. The smallest absolute Gasteiger partial charge is 0.258 e. The minimum atomic E-state index is -0.288. The maximum atomic E-state index is 13.2. The number of para-hydroxylation sites is 2. The van der Waals surface area contributed by atoms with E-state index in [1.165, 1.54) is 11.8 Å². The van der Waals surface area contributed by atoms with Gasteiger partial charge in [-0.3, -0.25) is 9.59 Å². The van der Waals surface area contributed by atoms with Crippen LogP contribution in [0.1, 0.15) is 34.1 Å². The third-order valence-corrected chi connectivity index (χ3v) is 5.62. The molecule has 0 spiro atoms. The number of benzene rings is 2. The average Bonchev–Trinajstić information content (AvgIpc) is 2.75. The van der Waals surface area contributed by atoms with E-state index in [2.05, 4.69) is 15.6 Å². The third kappa shape index (κ3) is 6.11. The van der Waals surface area contributed by atoms with Gasteiger partial charge in [-0.15, -0.1) is 0 Å². The quantitative estimate of drug-likeness (QED) is 0.451. The van der Waals surface area contributed by atoms with Crippen LogP contribution < -0.4 is 15.4 Å². The van der Waals surface area contributed by atoms with Crippen molar-refractivity contribution in [3.63, 3.8) is 0 Å². The molecular formula is C25H27N3O3S. The van der Waals surface area contributed by atoms with Crippen molar-refractivity contribution in [2.24, 2.45) is 0 Å². The third-order valence-electron chi connectivity index (χ3n) is 4.65. The standard InChI is InChI=1S/C25H27N3O3S/c1-5-31-21-9-7-6-8-20(21)28-24(30)23-17(3)14-18(4)26-25(23)32-15-22(29)27-19-12-10-16(2)11-13-19/h6-14H,5,15H2,1-4H3,(H,27,29)(H,28,30). The SMILES string of the molecule is CCOc1ccccc1NC(=O)c1c(C)cc(C)nc1SCC(=O)Nc1ccc(C)cc1. The number of hydrogen-bond acceptors (Lipinski definition) is 5. The number of nitrogens with one attached hydrogen (secondary N) is 2. The van der Waals surface area contributed by atoms with Crippen molar-refractivity contribution in [3.05, 3.63) is 77.0 Å². The molecule has 32 heavy (non-hydrogen) atoms. The predicted molar refractivity (Wildman–Crippen MR) is 130 cm³/mol. The lowest BCUT2D eigenvalue weighted by Crippen LogP contribution is -2.18. The number of carbonyl (C=O) groups excluding carboxylic acids is 2. The van der Waals surface area contributed by atoms with Gasteiger partial charge >= 0.3 is 0 Å². The number of aryl methyl sites for hydroxylation is 3. The first-order valence-corrected chi connectivity index (χ1v) is 11.4. The summed E-state index contributed by atoms with van der Waals surface area (Å²) in [4.78, 5) is 30.2. The van der Waals surface area contributed by atoms with Gasteiger partial charge in [0, 0.05) is 11.4 Å². The molecule has 6 nitrogen and oxygen atoms in total. The second-order valence-electron chi connectivity index (χ2n) is 7.35. The summed E-state index contributed by atoms with van der Waals surface area (Å²) in [7, 11) is 0. The van der Waals surface area contributed by atoms with Crippen LogP contribution in [0.25, 0.3) is 0 Å². The summed E-state index contributed by atoms with van der Waals surface area (Å²) in [5.74, 6) is 0.295. The molecule has 2 aromatic carbocycles. The highest BCUT2D eigenvalue weighted by Gasteiger charge is 2.19. The Morgan fingerprint density at radius 2 is 1.72 bits per heavy atom. The van der Waals surface area contributed by atoms with E-state index in [9.17, 15) is 9.59 Å². The van der Waals surface area contributed by atoms with E-state index in [1.54, 1.807) is 6.07 Å². The fourth-order valence-corrected chi connectivity index (χ4v) is 4.13. The van der Waals surface area contributed by atoms with Gasteiger partial charge in [0.1, 0.15) is 10.8 Å². The van der Waals surface area contributed by atoms with Crippen LogP contribution in [0.4, 0.5) is 11.4 Å². The Morgan fingerprint density at radius 1 is 1.00 bits per heavy atom. The molecule has 1 aromatic heterocycles. The van der Waals surface area contributed by atoms with E-state index in [-0.39, 0.29) is 17.6 Å². The Labute approximate surface area is 192 Å². The van der Waals surface area contributed by atoms with E-state index in [4.69, 9.17) is 4.74 Å². The topological polar surface area (TPSA) is 80.3 Å². The molecule has 0 atom stereocenters. The van der Waals surface area contributed by atoms with E-state index in [1.807, 2.05) is 76.2 Å². The normalized spacial score (nSPS) is 10.5. The van der Waals surface area contributed by atoms with Crippen molar-refractivity contribution in [1.29, 1.82) is 0 Å². The monoisotopic (exact) mass is 449 g/mol. The van der Waals surface area contributed by atoms with Crippen molar-refractivity contribution in [3.8, 4) is 5.75 Å². The largest absolute Gasteiger partial charge is 0.492 e. The number of anilines is 2. The van der Waals surface area contributed by atoms with E-state index in [0.29, 0.717) is 28.6 Å². The minimum Gasteiger partial charge on any atom is -0.492 e. The highest BCUT2D eigenvalue weighted by molar-refractivity contribution is 8.00. The van der Waals surface area contributed by atoms with Crippen LogP contribution in [0.2, 0.25) is 0 Å². The number of amides is 2. The van der Waals surface area contributed by atoms with Crippen molar-refractivity contribution in [2.75, 3.05) is 23.0 Å². The number of hydrogen-bond donors (Lipinski definition) is 2. The van der Waals surface area contributed by atoms with E-state index < -0.39 is 0 Å². The molecule has 0 bridgehead atoms. The molecule has 0 saturated carbocycles. The van der Waals surface area contributed by atoms with Gasteiger partial charge in [-0.05, 0) is 63.6 Å². The molecule has 0 aliphatic carbocycles. The van der Waals surface area contributed by atoms with Crippen LogP contribution in [0.3, 0.4) is 0 Å². The van der Waals surface area contributed by atoms with Crippen LogP contribution in [-0.2, 0) is 4.79 Å². The molecule has 0 saturated heterocycles. The zero-order valence-corrected chi connectivity index (χ0v) is 19.5. The molecule has 0 aliphatic heterocycles. The minimum absolute atomic E-state index is 0.138. The molecule has 166 valence electrons. The van der Waals surface area contributed by atoms with Crippen molar-refractivity contribution < 1.29 is 14.3 Å². The number of nitrogens with zero attached hydrogens (tertiary/aromatic N) is 1. The number of carbonyl (C=O) groups is 2. The highest BCUT2D eigenvalue weighted by Crippen LogP contribution is 2.28. The van der Waals surface area contributed by atoms with Gasteiger partial charge < -0.3 is 15.4 Å². The first-order chi connectivity index (χ1) is 15.4. The Kier molecular flexibility index (Phi) is 7.89. The summed E-state index contributed by atoms with van der Waals surface area (Å²) in [5.41, 5.74) is 4.49. The second-order valence-corrected chi connectivity index (χ2v) is 8.31. The molecule has 0 aliphatic rings. The van der Waals surface area contributed by atoms with Crippen molar-refractivity contribution >= 4 is 35.0 Å². The number of rotatable bonds is 8. The summed E-state index contributed by atoms with van der Waals surface area (Å²) in [6, 6.07) is 16.8. The first-order valence-electron chi connectivity index (χ1n) is 10.4. The fourth-order valence-electron chi connectivity index (χ4n) is 3.19. The molecule has 3 rings (SSSR count). The lowest BCUT2D eigenvalue weighted by atomic mass is 10.1. The van der Waals surface area contributed by atoms with E-state index >= 15 is 0 Å². The van der Waals surface area contributed by atoms with Crippen LogP contribution in [-0.4, -0.2) is 29.2 Å². The molecular weight excluding hydrogens is 422 g/mol. The fraction of sp³-hybridized carbons (Fsp3) is 0.240. The number of pyridine rings is 1. The van der Waals surface area contributed by atoms with Gasteiger partial charge in [-0.1, -0.05) is 41.6 Å². The summed E-state index contributed by atoms with van der Waals surface area (Å²) in [6.07, 6.45) is 0. The molecule has 2 amide bonds. The van der Waals surface area contributed by atoms with Crippen LogP contribution >= 0.6 is 11.8 Å². The number of thioether (sulfide) groups is 1. The molecule has 0 fully saturated rings. The number of ether oxygens (including phenoxy) is 1. The predicted octanol–water partition coefficient (Wildman–Crippen LogP) is 5.39. The Bertz CT molecular complexity index is 1110. The number of aromatic nitrogens is 1. The summed E-state index contributed by atoms with van der Waals surface area (Å²) in [6.45, 7) is 8.12. The Balaban J connectivity index is 1.76. The van der Waals surface area contributed by atoms with Crippen LogP contribution in [0.5, 0.6) is 5.75 Å². The van der Waals surface area contributed by atoms with Gasteiger partial charge in [0.05, 0.1) is 23.6 Å². The Morgan fingerprint density at radius 3 is 2.44 bits per heavy atom. The zero-order chi connectivity index (χ0) is 23.1. The molecule has 3 aromatic rings. The van der Waals surface area contributed by atoms with Gasteiger partial charge in [-0.25, -0.2) is 4.98 Å². The zero-order valence-electron chi connectivity index (χ0n) is 18.7. The van der Waals surface area contributed by atoms with Gasteiger partial charge in [0.15, 0.2) is 0 Å². The molecule has 0 radical (unpaired) electrons. The Hall–Kier alpha value is -3.32. The average molecular weight is 450 g/mol. The summed E-state index contributed by atoms with van der Waals surface area (Å²) >= 11 is 1.24. The highest BCUT2D eigenvalue weighted by atomic mass is 32.2. The molecule has 0 unspecified atom stereocenters. The van der Waals surface area contributed by atoms with Gasteiger partial charge in [0.25, 0.3) is 5.91 Å². The second kappa shape index (κ2) is 10.8. The lowest BCUT2D eigenvalue weighted by Gasteiger charge is -2.15. The van der Waals surface area contributed by atoms with Gasteiger partial charge in [-0.2, -0.15) is 0 Å². The van der Waals surface area contributed by atoms with E-state index in [0.717, 1.165) is 22.5 Å². The molecule has 2 N–H and O–H groups in total. The van der Waals surface area contributed by atoms with Crippen molar-refractivity contribution in [1.82, 2.24) is 4.98 Å². The van der Waals surface area contributed by atoms with Crippen LogP contribution in [0.15, 0.2) is 59.6 Å². The first kappa shape index (κ1) is 23.3. The maximum absolute atomic E-state index is 13.2.